The van der Waals surface area contributed by atoms with E-state index in [-0.39, 0.29) is 17.3 Å². The Bertz CT molecular complexity index is 648. The second kappa shape index (κ2) is 6.52. The molecule has 0 radical (unpaired) electrons. The zero-order valence-electron chi connectivity index (χ0n) is 11.1. The van der Waals surface area contributed by atoms with E-state index < -0.39 is 21.9 Å². The summed E-state index contributed by atoms with van der Waals surface area (Å²) in [5.41, 5.74) is 0.457. The Kier molecular flexibility index (Phi) is 5.14. The molecule has 1 saturated heterocycles. The quantitative estimate of drug-likeness (QED) is 0.904. The number of nitrogens with zero attached hydrogens (tertiary/aromatic N) is 1. The standard InChI is InChI=1S/C13H15Cl2NO4S/c14-11-4-3-10(12(15)6-11)8-21(19,20)16-5-1-2-9(7-16)13(17)18/h3-4,6,9H,1-2,5,7-8H2,(H,17,18)/t9-/m0/s1. The minimum Gasteiger partial charge on any atom is -0.481 e. The van der Waals surface area contributed by atoms with Gasteiger partial charge in [0, 0.05) is 23.1 Å². The van der Waals surface area contributed by atoms with Crippen LogP contribution in [0, 0.1) is 5.92 Å². The van der Waals surface area contributed by atoms with Gasteiger partial charge in [-0.25, -0.2) is 12.7 Å². The molecular weight excluding hydrogens is 337 g/mol. The molecule has 2 rings (SSSR count). The molecule has 1 aromatic carbocycles. The lowest BCUT2D eigenvalue weighted by molar-refractivity contribution is -0.142. The lowest BCUT2D eigenvalue weighted by Gasteiger charge is -2.29. The molecular formula is C13H15Cl2NO4S. The summed E-state index contributed by atoms with van der Waals surface area (Å²) in [5.74, 6) is -1.86. The van der Waals surface area contributed by atoms with E-state index in [9.17, 15) is 13.2 Å². The first-order valence-corrected chi connectivity index (χ1v) is 8.80. The molecule has 21 heavy (non-hydrogen) atoms. The Balaban J connectivity index is 2.16. The van der Waals surface area contributed by atoms with Crippen LogP contribution >= 0.6 is 23.2 Å². The van der Waals surface area contributed by atoms with Crippen molar-refractivity contribution in [1.82, 2.24) is 4.31 Å². The maximum atomic E-state index is 12.4. The van der Waals surface area contributed by atoms with Crippen molar-refractivity contribution >= 4 is 39.2 Å². The highest BCUT2D eigenvalue weighted by Crippen LogP contribution is 2.26. The van der Waals surface area contributed by atoms with Gasteiger partial charge in [0.25, 0.3) is 0 Å². The molecule has 1 fully saturated rings. The maximum Gasteiger partial charge on any atom is 0.307 e. The van der Waals surface area contributed by atoms with Crippen LogP contribution in [0.15, 0.2) is 18.2 Å². The van der Waals surface area contributed by atoms with Crippen molar-refractivity contribution in [1.29, 1.82) is 0 Å². The Labute approximate surface area is 133 Å². The van der Waals surface area contributed by atoms with Gasteiger partial charge in [-0.2, -0.15) is 0 Å². The topological polar surface area (TPSA) is 74.7 Å². The number of aliphatic carboxylic acids is 1. The van der Waals surface area contributed by atoms with Crippen LogP contribution in [0.25, 0.3) is 0 Å². The summed E-state index contributed by atoms with van der Waals surface area (Å²) in [5, 5.41) is 9.75. The highest BCUT2D eigenvalue weighted by Gasteiger charge is 2.32. The zero-order chi connectivity index (χ0) is 15.6. The average molecular weight is 352 g/mol. The van der Waals surface area contributed by atoms with E-state index in [1.54, 1.807) is 12.1 Å². The minimum atomic E-state index is -3.60. The molecule has 0 saturated carbocycles. The molecule has 0 bridgehead atoms. The number of halogens is 2. The molecule has 1 heterocycles. The van der Waals surface area contributed by atoms with Crippen molar-refractivity contribution in [2.45, 2.75) is 18.6 Å². The molecule has 0 unspecified atom stereocenters. The first kappa shape index (κ1) is 16.5. The van der Waals surface area contributed by atoms with Crippen molar-refractivity contribution in [3.05, 3.63) is 33.8 Å². The molecule has 8 heteroatoms. The highest BCUT2D eigenvalue weighted by atomic mass is 35.5. The van der Waals surface area contributed by atoms with E-state index in [0.717, 1.165) is 0 Å². The van der Waals surface area contributed by atoms with E-state index in [2.05, 4.69) is 0 Å². The molecule has 5 nitrogen and oxygen atoms in total. The fourth-order valence-electron chi connectivity index (χ4n) is 2.32. The largest absolute Gasteiger partial charge is 0.481 e. The van der Waals surface area contributed by atoms with E-state index in [0.29, 0.717) is 30.0 Å². The molecule has 0 aromatic heterocycles. The number of hydrogen-bond donors (Lipinski definition) is 1. The molecule has 0 aliphatic carbocycles. The summed E-state index contributed by atoms with van der Waals surface area (Å²) in [6.45, 7) is 0.361. The van der Waals surface area contributed by atoms with Gasteiger partial charge in [-0.15, -0.1) is 0 Å². The molecule has 1 aliphatic rings. The number of rotatable bonds is 4. The SMILES string of the molecule is O=C(O)[C@H]1CCCN(S(=O)(=O)Cc2ccc(Cl)cc2Cl)C1. The van der Waals surface area contributed by atoms with Gasteiger partial charge in [-0.3, -0.25) is 4.79 Å². The highest BCUT2D eigenvalue weighted by molar-refractivity contribution is 7.88. The van der Waals surface area contributed by atoms with Crippen LogP contribution in [0.3, 0.4) is 0 Å². The summed E-state index contributed by atoms with van der Waals surface area (Å²) in [7, 11) is -3.60. The van der Waals surface area contributed by atoms with Crippen LogP contribution in [-0.4, -0.2) is 36.9 Å². The Morgan fingerprint density at radius 1 is 1.38 bits per heavy atom. The molecule has 0 spiro atoms. The van der Waals surface area contributed by atoms with Gasteiger partial charge in [0.05, 0.1) is 11.7 Å². The van der Waals surface area contributed by atoms with Crippen molar-refractivity contribution in [2.24, 2.45) is 5.92 Å². The summed E-state index contributed by atoms with van der Waals surface area (Å²) in [4.78, 5) is 11.0. The van der Waals surface area contributed by atoms with Crippen LogP contribution in [-0.2, 0) is 20.6 Å². The molecule has 1 atom stereocenters. The van der Waals surface area contributed by atoms with Gasteiger partial charge >= 0.3 is 5.97 Å². The van der Waals surface area contributed by atoms with Gasteiger partial charge in [-0.1, -0.05) is 29.3 Å². The van der Waals surface area contributed by atoms with Crippen LogP contribution < -0.4 is 0 Å². The minimum absolute atomic E-state index is 0.0167. The summed E-state index contributed by atoms with van der Waals surface area (Å²) < 4.78 is 26.0. The van der Waals surface area contributed by atoms with Crippen molar-refractivity contribution in [2.75, 3.05) is 13.1 Å². The third kappa shape index (κ3) is 4.10. The normalized spacial score (nSPS) is 20.4. The van der Waals surface area contributed by atoms with Gasteiger partial charge in [0.2, 0.25) is 10.0 Å². The number of hydrogen-bond acceptors (Lipinski definition) is 3. The van der Waals surface area contributed by atoms with Gasteiger partial charge in [0.1, 0.15) is 0 Å². The van der Waals surface area contributed by atoms with E-state index in [4.69, 9.17) is 28.3 Å². The lowest BCUT2D eigenvalue weighted by Crippen LogP contribution is -2.42. The first-order chi connectivity index (χ1) is 9.79. The van der Waals surface area contributed by atoms with E-state index in [1.165, 1.54) is 10.4 Å². The maximum absolute atomic E-state index is 12.4. The summed E-state index contributed by atoms with van der Waals surface area (Å²) in [6.07, 6.45) is 1.05. The van der Waals surface area contributed by atoms with E-state index in [1.807, 2.05) is 0 Å². The fraction of sp³-hybridized carbons (Fsp3) is 0.462. The Hall–Kier alpha value is -0.820. The Morgan fingerprint density at radius 3 is 2.71 bits per heavy atom. The second-order valence-electron chi connectivity index (χ2n) is 5.03. The van der Waals surface area contributed by atoms with Crippen molar-refractivity contribution < 1.29 is 18.3 Å². The third-order valence-electron chi connectivity index (χ3n) is 3.48. The predicted molar refractivity (Wildman–Crippen MR) is 81.0 cm³/mol. The number of carboxylic acid groups (broad SMARTS) is 1. The predicted octanol–water partition coefficient (Wildman–Crippen LogP) is 2.62. The third-order valence-corrected chi connectivity index (χ3v) is 5.86. The molecule has 116 valence electrons. The smallest absolute Gasteiger partial charge is 0.307 e. The molecule has 0 amide bonds. The summed E-state index contributed by atoms with van der Waals surface area (Å²) in [6, 6.07) is 4.64. The zero-order valence-corrected chi connectivity index (χ0v) is 13.5. The van der Waals surface area contributed by atoms with Crippen LogP contribution in [0.1, 0.15) is 18.4 Å². The molecule has 1 aromatic rings. The molecule has 1 aliphatic heterocycles. The fourth-order valence-corrected chi connectivity index (χ4v) is 4.52. The van der Waals surface area contributed by atoms with Crippen LogP contribution in [0.5, 0.6) is 0 Å². The second-order valence-corrected chi connectivity index (χ2v) is 7.84. The number of carboxylic acids is 1. The monoisotopic (exact) mass is 351 g/mol. The first-order valence-electron chi connectivity index (χ1n) is 6.44. The van der Waals surface area contributed by atoms with Gasteiger partial charge in [0.15, 0.2) is 0 Å². The van der Waals surface area contributed by atoms with Crippen molar-refractivity contribution in [3.63, 3.8) is 0 Å². The average Bonchev–Trinajstić information content (AvgIpc) is 2.42. The van der Waals surface area contributed by atoms with Crippen LogP contribution in [0.4, 0.5) is 0 Å². The van der Waals surface area contributed by atoms with E-state index >= 15 is 0 Å². The summed E-state index contributed by atoms with van der Waals surface area (Å²) >= 11 is 11.8. The van der Waals surface area contributed by atoms with Gasteiger partial charge in [-0.05, 0) is 30.5 Å². The van der Waals surface area contributed by atoms with Gasteiger partial charge < -0.3 is 5.11 Å². The molecule has 1 N–H and O–H groups in total. The number of benzene rings is 1. The Morgan fingerprint density at radius 2 is 2.10 bits per heavy atom. The number of piperidine rings is 1. The lowest BCUT2D eigenvalue weighted by atomic mass is 10.0. The number of carbonyl (C=O) groups is 1. The number of sulfonamides is 1. The van der Waals surface area contributed by atoms with Crippen LogP contribution in [0.2, 0.25) is 10.0 Å². The van der Waals surface area contributed by atoms with Crippen molar-refractivity contribution in [3.8, 4) is 0 Å².